The highest BCUT2D eigenvalue weighted by Crippen LogP contribution is 2.14. The van der Waals surface area contributed by atoms with Crippen molar-refractivity contribution in [3.8, 4) is 11.5 Å². The zero-order valence-corrected chi connectivity index (χ0v) is 22.6. The minimum absolute atomic E-state index is 0.142. The molecule has 0 unspecified atom stereocenters. The molecule has 7 nitrogen and oxygen atoms in total. The second kappa shape index (κ2) is 17.6. The van der Waals surface area contributed by atoms with E-state index in [1.807, 2.05) is 55.5 Å². The minimum Gasteiger partial charge on any atom is -0.494 e. The van der Waals surface area contributed by atoms with Gasteiger partial charge in [0.2, 0.25) is 0 Å². The third kappa shape index (κ3) is 15.0. The molecule has 0 bridgehead atoms. The fourth-order valence-electron chi connectivity index (χ4n) is 3.07. The highest BCUT2D eigenvalue weighted by molar-refractivity contribution is 8.70. The summed E-state index contributed by atoms with van der Waals surface area (Å²) in [6.07, 6.45) is 3.81. The first-order valence-electron chi connectivity index (χ1n) is 12.3. The van der Waals surface area contributed by atoms with E-state index in [9.17, 15) is 8.42 Å². The summed E-state index contributed by atoms with van der Waals surface area (Å²) in [6.45, 7) is 8.34. The fraction of sp³-hybridized carbons (Fsp3) is 0.538. The summed E-state index contributed by atoms with van der Waals surface area (Å²) in [4.78, 5) is 0. The number of nitrogens with one attached hydrogen (secondary N) is 2. The zero-order valence-electron chi connectivity index (χ0n) is 21.0. The summed E-state index contributed by atoms with van der Waals surface area (Å²) in [6, 6.07) is 16.0. The molecule has 2 aromatic carbocycles. The molecule has 0 fully saturated rings. The maximum absolute atomic E-state index is 11.9. The summed E-state index contributed by atoms with van der Waals surface area (Å²) in [7, 11) is -2.72. The molecule has 196 valence electrons. The molecule has 0 radical (unpaired) electrons. The summed E-state index contributed by atoms with van der Waals surface area (Å²) in [5, 5.41) is 6.46. The Bertz CT molecular complexity index is 837. The lowest BCUT2D eigenvalue weighted by atomic mass is 10.2. The number of hydrogen-bond donors (Lipinski definition) is 2. The van der Waals surface area contributed by atoms with Crippen LogP contribution >= 0.6 is 10.8 Å². The molecule has 2 aromatic rings. The third-order valence-corrected chi connectivity index (χ3v) is 7.86. The molecular weight excluding hydrogens is 484 g/mol. The number of rotatable bonds is 20. The summed E-state index contributed by atoms with van der Waals surface area (Å²) in [5.74, 6) is 2.23. The van der Waals surface area contributed by atoms with Gasteiger partial charge in [0.1, 0.15) is 11.5 Å². The Labute approximate surface area is 214 Å². The van der Waals surface area contributed by atoms with Crippen LogP contribution in [0, 0.1) is 13.8 Å². The van der Waals surface area contributed by atoms with Gasteiger partial charge in [-0.05, 0) is 87.7 Å². The number of unbranched alkanes of at least 4 members (excludes halogenated alkanes) is 2. The van der Waals surface area contributed by atoms with Crippen LogP contribution < -0.4 is 20.1 Å². The van der Waals surface area contributed by atoms with Crippen molar-refractivity contribution >= 4 is 19.9 Å². The van der Waals surface area contributed by atoms with Crippen LogP contribution in [0.25, 0.3) is 0 Å². The largest absolute Gasteiger partial charge is 0.494 e. The van der Waals surface area contributed by atoms with Gasteiger partial charge in [0.05, 0.1) is 19.8 Å². The number of ether oxygens (including phenoxy) is 2. The second-order valence-corrected chi connectivity index (χ2v) is 11.9. The van der Waals surface area contributed by atoms with Crippen LogP contribution in [0.1, 0.15) is 36.8 Å². The van der Waals surface area contributed by atoms with Gasteiger partial charge in [-0.3, -0.25) is 4.18 Å². The Hall–Kier alpha value is -1.78. The lowest BCUT2D eigenvalue weighted by Gasteiger charge is -2.08. The van der Waals surface area contributed by atoms with Gasteiger partial charge in [0, 0.05) is 18.8 Å². The van der Waals surface area contributed by atoms with Crippen molar-refractivity contribution in [2.45, 2.75) is 39.5 Å². The lowest BCUT2D eigenvalue weighted by molar-refractivity contribution is 0.301. The molecule has 0 heterocycles. The van der Waals surface area contributed by atoms with Gasteiger partial charge < -0.3 is 20.1 Å². The lowest BCUT2D eigenvalue weighted by Crippen LogP contribution is -2.23. The first-order valence-corrected chi connectivity index (χ1v) is 15.2. The molecule has 0 atom stereocenters. The smallest absolute Gasteiger partial charge is 0.322 e. The van der Waals surface area contributed by atoms with Gasteiger partial charge in [-0.15, -0.1) is 0 Å². The number of aryl methyl sites for hydroxylation is 2. The highest BCUT2D eigenvalue weighted by Gasteiger charge is 2.11. The van der Waals surface area contributed by atoms with Crippen LogP contribution in [0.2, 0.25) is 0 Å². The van der Waals surface area contributed by atoms with E-state index >= 15 is 0 Å². The predicted molar refractivity (Wildman–Crippen MR) is 145 cm³/mol. The van der Waals surface area contributed by atoms with Crippen LogP contribution in [-0.2, 0) is 13.3 Å². The summed E-state index contributed by atoms with van der Waals surface area (Å²) in [5.41, 5.74) is 2.43. The fourth-order valence-corrected chi connectivity index (χ4v) is 5.13. The van der Waals surface area contributed by atoms with Gasteiger partial charge in [-0.2, -0.15) is 8.42 Å². The Morgan fingerprint density at radius 1 is 0.657 bits per heavy atom. The third-order valence-electron chi connectivity index (χ3n) is 5.09. The van der Waals surface area contributed by atoms with E-state index < -0.39 is 9.15 Å². The van der Waals surface area contributed by atoms with Crippen molar-refractivity contribution in [2.24, 2.45) is 0 Å². The Morgan fingerprint density at radius 3 is 1.66 bits per heavy atom. The molecule has 0 saturated carbocycles. The molecule has 2 N–H and O–H groups in total. The Balaban J connectivity index is 1.34. The maximum atomic E-state index is 11.9. The van der Waals surface area contributed by atoms with Crippen molar-refractivity contribution in [1.29, 1.82) is 0 Å². The van der Waals surface area contributed by atoms with E-state index in [4.69, 9.17) is 13.7 Å². The van der Waals surface area contributed by atoms with Gasteiger partial charge in [0.15, 0.2) is 0 Å². The van der Waals surface area contributed by atoms with Gasteiger partial charge in [-0.25, -0.2) is 0 Å². The molecule has 0 aliphatic rings. The van der Waals surface area contributed by atoms with Gasteiger partial charge in [-0.1, -0.05) is 35.4 Å². The zero-order chi connectivity index (χ0) is 25.2. The average molecular weight is 525 g/mol. The van der Waals surface area contributed by atoms with Crippen molar-refractivity contribution in [2.75, 3.05) is 51.8 Å². The Kier molecular flexibility index (Phi) is 14.8. The molecule has 0 spiro atoms. The van der Waals surface area contributed by atoms with E-state index in [0.717, 1.165) is 61.1 Å². The topological polar surface area (TPSA) is 85.9 Å². The SMILES string of the molecule is Cc1ccc(OCCCCNCCOS(=O)(=O)SCCNCCCCOc2ccc(C)cc2)cc1. The van der Waals surface area contributed by atoms with Crippen molar-refractivity contribution in [3.63, 3.8) is 0 Å². The molecule has 0 aliphatic heterocycles. The molecular formula is C26H40N2O5S2. The van der Waals surface area contributed by atoms with Crippen LogP contribution in [0.3, 0.4) is 0 Å². The molecule has 0 aromatic heterocycles. The van der Waals surface area contributed by atoms with Crippen LogP contribution in [0.15, 0.2) is 48.5 Å². The van der Waals surface area contributed by atoms with Crippen LogP contribution in [0.5, 0.6) is 11.5 Å². The molecule has 2 rings (SSSR count). The molecule has 35 heavy (non-hydrogen) atoms. The first kappa shape index (κ1) is 29.5. The number of benzene rings is 2. The second-order valence-electron chi connectivity index (χ2n) is 8.29. The van der Waals surface area contributed by atoms with E-state index in [2.05, 4.69) is 17.6 Å². The number of hydrogen-bond acceptors (Lipinski definition) is 8. The quantitative estimate of drug-likeness (QED) is 0.194. The molecule has 9 heteroatoms. The van der Waals surface area contributed by atoms with Crippen molar-refractivity contribution in [1.82, 2.24) is 10.6 Å². The molecule has 0 amide bonds. The highest BCUT2D eigenvalue weighted by atomic mass is 33.1. The van der Waals surface area contributed by atoms with Gasteiger partial charge >= 0.3 is 9.15 Å². The minimum atomic E-state index is -3.56. The molecule has 0 saturated heterocycles. The van der Waals surface area contributed by atoms with Crippen LogP contribution in [0.4, 0.5) is 0 Å². The normalized spacial score (nSPS) is 11.5. The van der Waals surface area contributed by atoms with E-state index in [-0.39, 0.29) is 6.61 Å². The van der Waals surface area contributed by atoms with Crippen molar-refractivity contribution in [3.05, 3.63) is 59.7 Å². The summed E-state index contributed by atoms with van der Waals surface area (Å²) < 4.78 is 40.3. The van der Waals surface area contributed by atoms with E-state index in [0.29, 0.717) is 32.1 Å². The summed E-state index contributed by atoms with van der Waals surface area (Å²) >= 11 is 0. The standard InChI is InChI=1S/C26H40N2O5S2/c1-23-7-11-25(12-8-23)31-19-5-3-15-27-17-21-33-35(29,30)34-22-18-28-16-4-6-20-32-26-13-9-24(2)10-14-26/h7-14,27-28H,3-6,15-22H2,1-2H3. The van der Waals surface area contributed by atoms with Crippen molar-refractivity contribution < 1.29 is 22.1 Å². The predicted octanol–water partition coefficient (Wildman–Crippen LogP) is 4.50. The molecule has 0 aliphatic carbocycles. The van der Waals surface area contributed by atoms with Gasteiger partial charge in [0.25, 0.3) is 0 Å². The van der Waals surface area contributed by atoms with E-state index in [1.165, 1.54) is 11.1 Å². The maximum Gasteiger partial charge on any atom is 0.322 e. The first-order chi connectivity index (χ1) is 16.9. The van der Waals surface area contributed by atoms with Crippen LogP contribution in [-0.4, -0.2) is 60.2 Å². The van der Waals surface area contributed by atoms with E-state index in [1.54, 1.807) is 0 Å². The average Bonchev–Trinajstić information content (AvgIpc) is 2.84. The Morgan fingerprint density at radius 2 is 1.14 bits per heavy atom. The monoisotopic (exact) mass is 524 g/mol.